The number of carbonyl (C=O) groups is 3. The lowest BCUT2D eigenvalue weighted by Crippen LogP contribution is -2.54. The minimum absolute atomic E-state index is 0.164. The van der Waals surface area contributed by atoms with Gasteiger partial charge in [-0.05, 0) is 41.8 Å². The van der Waals surface area contributed by atoms with E-state index < -0.39 is 18.2 Å². The molecule has 2 aromatic rings. The van der Waals surface area contributed by atoms with Crippen molar-refractivity contribution in [3.05, 3.63) is 64.1 Å². The normalized spacial score (nSPS) is 21.7. The summed E-state index contributed by atoms with van der Waals surface area (Å²) in [5.74, 6) is 0.103. The van der Waals surface area contributed by atoms with Crippen LogP contribution in [0.1, 0.15) is 30.1 Å². The number of imide groups is 1. The van der Waals surface area contributed by atoms with Crippen molar-refractivity contribution in [3.8, 4) is 5.75 Å². The number of nitrogens with zero attached hydrogens (tertiary/aromatic N) is 2. The van der Waals surface area contributed by atoms with Gasteiger partial charge in [0.25, 0.3) is 5.91 Å². The van der Waals surface area contributed by atoms with Crippen molar-refractivity contribution in [2.45, 2.75) is 31.5 Å². The molecule has 2 saturated heterocycles. The van der Waals surface area contributed by atoms with Gasteiger partial charge in [0.15, 0.2) is 0 Å². The zero-order valence-electron chi connectivity index (χ0n) is 16.4. The average Bonchev–Trinajstić information content (AvgIpc) is 3.13. The Balaban J connectivity index is 1.48. The van der Waals surface area contributed by atoms with E-state index in [0.29, 0.717) is 12.2 Å². The van der Waals surface area contributed by atoms with E-state index in [2.05, 4.69) is 15.9 Å². The SMILES string of the molecule is COc1ccc(CN2C(=O)CCC(N3C[C@H](c4ccc(Br)cc4)OC3=O)C2=O)cc1. The molecule has 4 rings (SSSR count). The average molecular weight is 473 g/mol. The highest BCUT2D eigenvalue weighted by molar-refractivity contribution is 9.10. The van der Waals surface area contributed by atoms with Gasteiger partial charge < -0.3 is 9.47 Å². The van der Waals surface area contributed by atoms with E-state index in [1.807, 2.05) is 36.4 Å². The number of piperidine rings is 1. The van der Waals surface area contributed by atoms with E-state index in [9.17, 15) is 14.4 Å². The van der Waals surface area contributed by atoms with Gasteiger partial charge in [0.2, 0.25) is 5.91 Å². The number of hydrogen-bond donors (Lipinski definition) is 0. The van der Waals surface area contributed by atoms with Crippen LogP contribution >= 0.6 is 15.9 Å². The summed E-state index contributed by atoms with van der Waals surface area (Å²) in [7, 11) is 1.58. The highest BCUT2D eigenvalue weighted by Crippen LogP contribution is 2.31. The number of carbonyl (C=O) groups excluding carboxylic acids is 3. The van der Waals surface area contributed by atoms with E-state index in [1.54, 1.807) is 19.2 Å². The van der Waals surface area contributed by atoms with E-state index in [-0.39, 0.29) is 31.3 Å². The number of hydrogen-bond acceptors (Lipinski definition) is 5. The smallest absolute Gasteiger partial charge is 0.411 e. The maximum absolute atomic E-state index is 13.1. The van der Waals surface area contributed by atoms with Crippen LogP contribution in [0, 0.1) is 0 Å². The summed E-state index contributed by atoms with van der Waals surface area (Å²) in [5.41, 5.74) is 1.68. The number of likely N-dealkylation sites (tertiary alicyclic amines) is 1. The van der Waals surface area contributed by atoms with Crippen molar-refractivity contribution in [3.63, 3.8) is 0 Å². The van der Waals surface area contributed by atoms with Crippen molar-refractivity contribution in [2.24, 2.45) is 0 Å². The topological polar surface area (TPSA) is 76.2 Å². The molecule has 0 bridgehead atoms. The minimum atomic E-state index is -0.700. The van der Waals surface area contributed by atoms with Crippen LogP contribution in [0.3, 0.4) is 0 Å². The highest BCUT2D eigenvalue weighted by Gasteiger charge is 2.44. The molecule has 0 spiro atoms. The van der Waals surface area contributed by atoms with Crippen LogP contribution in [0.5, 0.6) is 5.75 Å². The van der Waals surface area contributed by atoms with E-state index in [4.69, 9.17) is 9.47 Å². The number of cyclic esters (lactones) is 1. The molecule has 2 heterocycles. The Bertz CT molecular complexity index is 960. The fourth-order valence-corrected chi connectivity index (χ4v) is 4.04. The lowest BCUT2D eigenvalue weighted by atomic mass is 10.0. The third kappa shape index (κ3) is 4.05. The molecule has 2 aromatic carbocycles. The van der Waals surface area contributed by atoms with E-state index >= 15 is 0 Å². The third-order valence-corrected chi connectivity index (χ3v) is 5.97. The second-order valence-corrected chi connectivity index (χ2v) is 8.21. The molecule has 2 aliphatic rings. The Labute approximate surface area is 182 Å². The summed E-state index contributed by atoms with van der Waals surface area (Å²) in [4.78, 5) is 40.7. The Kier molecular flexibility index (Phi) is 5.76. The minimum Gasteiger partial charge on any atom is -0.497 e. The summed E-state index contributed by atoms with van der Waals surface area (Å²) in [5, 5.41) is 0. The first kappa shape index (κ1) is 20.4. The standard InChI is InChI=1S/C22H21BrN2O5/c1-29-17-8-2-14(3-9-17)12-25-20(26)11-10-18(21(25)27)24-13-19(30-22(24)28)15-4-6-16(23)7-5-15/h2-9,18-19H,10-13H2,1H3/t18?,19-/m1/s1. The largest absolute Gasteiger partial charge is 0.497 e. The molecule has 0 saturated carbocycles. The molecule has 0 N–H and O–H groups in total. The Hall–Kier alpha value is -2.87. The zero-order chi connectivity index (χ0) is 21.3. The monoisotopic (exact) mass is 472 g/mol. The second-order valence-electron chi connectivity index (χ2n) is 7.30. The van der Waals surface area contributed by atoms with E-state index in [1.165, 1.54) is 9.80 Å². The third-order valence-electron chi connectivity index (χ3n) is 5.44. The van der Waals surface area contributed by atoms with Crippen LogP contribution in [0.4, 0.5) is 4.79 Å². The predicted octanol–water partition coefficient (Wildman–Crippen LogP) is 3.67. The van der Waals surface area contributed by atoms with Crippen LogP contribution in [0.15, 0.2) is 53.0 Å². The van der Waals surface area contributed by atoms with Crippen LogP contribution < -0.4 is 4.74 Å². The first-order chi connectivity index (χ1) is 14.5. The fraction of sp³-hybridized carbons (Fsp3) is 0.318. The van der Waals surface area contributed by atoms with Crippen molar-refractivity contribution in [1.29, 1.82) is 0 Å². The van der Waals surface area contributed by atoms with Crippen molar-refractivity contribution in [2.75, 3.05) is 13.7 Å². The Morgan fingerprint density at radius 1 is 1.07 bits per heavy atom. The maximum Gasteiger partial charge on any atom is 0.411 e. The molecule has 2 aliphatic heterocycles. The number of ether oxygens (including phenoxy) is 2. The lowest BCUT2D eigenvalue weighted by molar-refractivity contribution is -0.152. The number of halogens is 1. The molecule has 2 atom stereocenters. The zero-order valence-corrected chi connectivity index (χ0v) is 18.0. The van der Waals surface area contributed by atoms with Gasteiger partial charge in [-0.25, -0.2) is 4.79 Å². The quantitative estimate of drug-likeness (QED) is 0.620. The molecule has 30 heavy (non-hydrogen) atoms. The maximum atomic E-state index is 13.1. The molecule has 156 valence electrons. The van der Waals surface area contributed by atoms with Gasteiger partial charge in [-0.3, -0.25) is 19.4 Å². The fourth-order valence-electron chi connectivity index (χ4n) is 3.78. The highest BCUT2D eigenvalue weighted by atomic mass is 79.9. The van der Waals surface area contributed by atoms with Crippen LogP contribution in [0.2, 0.25) is 0 Å². The van der Waals surface area contributed by atoms with Crippen LogP contribution in [0.25, 0.3) is 0 Å². The van der Waals surface area contributed by atoms with E-state index in [0.717, 1.165) is 15.6 Å². The van der Waals surface area contributed by atoms with Gasteiger partial charge in [0, 0.05) is 10.9 Å². The van der Waals surface area contributed by atoms with Gasteiger partial charge in [-0.2, -0.15) is 0 Å². The summed E-state index contributed by atoms with van der Waals surface area (Å²) < 4.78 is 11.6. The van der Waals surface area contributed by atoms with Gasteiger partial charge >= 0.3 is 6.09 Å². The number of benzene rings is 2. The van der Waals surface area contributed by atoms with Crippen molar-refractivity contribution >= 4 is 33.8 Å². The number of rotatable bonds is 5. The molecule has 0 radical (unpaired) electrons. The predicted molar refractivity (Wildman–Crippen MR) is 112 cm³/mol. The summed E-state index contributed by atoms with van der Waals surface area (Å²) in [6.45, 7) is 0.443. The molecule has 7 nitrogen and oxygen atoms in total. The molecule has 0 aliphatic carbocycles. The van der Waals surface area contributed by atoms with Gasteiger partial charge in [0.1, 0.15) is 17.9 Å². The number of methoxy groups -OCH3 is 1. The molecular weight excluding hydrogens is 452 g/mol. The molecular formula is C22H21BrN2O5. The van der Waals surface area contributed by atoms with Crippen LogP contribution in [-0.2, 0) is 20.9 Å². The van der Waals surface area contributed by atoms with Crippen molar-refractivity contribution < 1.29 is 23.9 Å². The van der Waals surface area contributed by atoms with Crippen LogP contribution in [-0.4, -0.2) is 47.4 Å². The van der Waals surface area contributed by atoms with Gasteiger partial charge in [-0.15, -0.1) is 0 Å². The number of amides is 3. The molecule has 3 amide bonds. The molecule has 8 heteroatoms. The van der Waals surface area contributed by atoms with Gasteiger partial charge in [-0.1, -0.05) is 40.2 Å². The van der Waals surface area contributed by atoms with Crippen molar-refractivity contribution in [1.82, 2.24) is 9.80 Å². The Morgan fingerprint density at radius 2 is 1.77 bits per heavy atom. The molecule has 0 aromatic heterocycles. The lowest BCUT2D eigenvalue weighted by Gasteiger charge is -2.34. The molecule has 1 unspecified atom stereocenters. The summed E-state index contributed by atoms with van der Waals surface area (Å²) >= 11 is 3.39. The first-order valence-corrected chi connectivity index (χ1v) is 10.5. The Morgan fingerprint density at radius 3 is 2.43 bits per heavy atom. The second kappa shape index (κ2) is 8.47. The summed E-state index contributed by atoms with van der Waals surface area (Å²) in [6.07, 6.45) is -0.454. The first-order valence-electron chi connectivity index (χ1n) is 9.66. The molecule has 2 fully saturated rings. The summed E-state index contributed by atoms with van der Waals surface area (Å²) in [6, 6.07) is 14.0. The van der Waals surface area contributed by atoms with Gasteiger partial charge in [0.05, 0.1) is 20.2 Å².